The first-order chi connectivity index (χ1) is 10.3. The van der Waals surface area contributed by atoms with Crippen LogP contribution in [0.2, 0.25) is 5.02 Å². The van der Waals surface area contributed by atoms with E-state index in [-0.39, 0.29) is 0 Å². The highest BCUT2D eigenvalue weighted by atomic mass is 35.5. The van der Waals surface area contributed by atoms with Crippen LogP contribution in [0.15, 0.2) is 24.3 Å². The second-order valence-electron chi connectivity index (χ2n) is 6.07. The van der Waals surface area contributed by atoms with Crippen LogP contribution < -0.4 is 5.32 Å². The predicted octanol–water partition coefficient (Wildman–Crippen LogP) is 4.65. The number of hydrogen-bond donors (Lipinski definition) is 1. The molecule has 2 rings (SSSR count). The zero-order valence-corrected chi connectivity index (χ0v) is 14.2. The fourth-order valence-electron chi connectivity index (χ4n) is 3.55. The average molecular weight is 309 g/mol. The summed E-state index contributed by atoms with van der Waals surface area (Å²) in [6.07, 6.45) is 8.11. The minimum absolute atomic E-state index is 0.344. The van der Waals surface area contributed by atoms with Crippen LogP contribution in [0.4, 0.5) is 0 Å². The molecule has 118 valence electrons. The second-order valence-corrected chi connectivity index (χ2v) is 6.48. The highest BCUT2D eigenvalue weighted by Gasteiger charge is 2.21. The Labute approximate surface area is 134 Å². The Bertz CT molecular complexity index is 415. The molecule has 0 heterocycles. The van der Waals surface area contributed by atoms with Gasteiger partial charge in [-0.05, 0) is 44.5 Å². The minimum Gasteiger partial charge on any atom is -0.313 e. The first kappa shape index (κ1) is 16.8. The molecule has 1 fully saturated rings. The van der Waals surface area contributed by atoms with Gasteiger partial charge in [-0.2, -0.15) is 0 Å². The van der Waals surface area contributed by atoms with Crippen molar-refractivity contribution in [1.29, 1.82) is 0 Å². The topological polar surface area (TPSA) is 15.3 Å². The van der Waals surface area contributed by atoms with Crippen LogP contribution in [0, 0.1) is 0 Å². The number of halogens is 1. The Kier molecular flexibility index (Phi) is 7.01. The molecule has 0 spiro atoms. The molecule has 0 bridgehead atoms. The molecular weight excluding hydrogens is 280 g/mol. The van der Waals surface area contributed by atoms with E-state index in [9.17, 15) is 0 Å². The van der Waals surface area contributed by atoms with Crippen LogP contribution in [0.25, 0.3) is 0 Å². The van der Waals surface area contributed by atoms with Gasteiger partial charge in [0.2, 0.25) is 0 Å². The predicted molar refractivity (Wildman–Crippen MR) is 92.0 cm³/mol. The van der Waals surface area contributed by atoms with Gasteiger partial charge in [-0.15, -0.1) is 0 Å². The molecule has 2 nitrogen and oxygen atoms in total. The van der Waals surface area contributed by atoms with Crippen molar-refractivity contribution in [3.05, 3.63) is 34.9 Å². The molecule has 1 unspecified atom stereocenters. The molecule has 1 aliphatic carbocycles. The van der Waals surface area contributed by atoms with Crippen LogP contribution in [-0.4, -0.2) is 31.1 Å². The third-order valence-corrected chi connectivity index (χ3v) is 5.18. The average Bonchev–Trinajstić information content (AvgIpc) is 2.54. The van der Waals surface area contributed by atoms with E-state index in [1.165, 1.54) is 37.7 Å². The highest BCUT2D eigenvalue weighted by Crippen LogP contribution is 2.27. The molecule has 0 saturated heterocycles. The number of benzene rings is 1. The van der Waals surface area contributed by atoms with Gasteiger partial charge in [-0.25, -0.2) is 0 Å². The van der Waals surface area contributed by atoms with Crippen LogP contribution in [0.5, 0.6) is 0 Å². The van der Waals surface area contributed by atoms with E-state index < -0.39 is 0 Å². The minimum atomic E-state index is 0.344. The molecule has 0 radical (unpaired) electrons. The van der Waals surface area contributed by atoms with Gasteiger partial charge in [0.05, 0.1) is 0 Å². The summed E-state index contributed by atoms with van der Waals surface area (Å²) in [5.74, 6) is 0. The molecule has 1 N–H and O–H groups in total. The lowest BCUT2D eigenvalue weighted by molar-refractivity contribution is 0.157. The molecular formula is C18H29ClN2. The molecule has 1 aromatic rings. The largest absolute Gasteiger partial charge is 0.313 e. The first-order valence-corrected chi connectivity index (χ1v) is 8.79. The van der Waals surface area contributed by atoms with Gasteiger partial charge in [0.1, 0.15) is 0 Å². The Morgan fingerprint density at radius 1 is 1.24 bits per heavy atom. The lowest BCUT2D eigenvalue weighted by Crippen LogP contribution is -2.38. The summed E-state index contributed by atoms with van der Waals surface area (Å²) < 4.78 is 0. The summed E-state index contributed by atoms with van der Waals surface area (Å²) in [6.45, 7) is 4.60. The fourth-order valence-corrected chi connectivity index (χ4v) is 3.82. The van der Waals surface area contributed by atoms with Crippen molar-refractivity contribution < 1.29 is 0 Å². The van der Waals surface area contributed by atoms with Gasteiger partial charge in [0.25, 0.3) is 0 Å². The maximum absolute atomic E-state index is 6.34. The molecule has 0 aromatic heterocycles. The van der Waals surface area contributed by atoms with Gasteiger partial charge < -0.3 is 10.2 Å². The highest BCUT2D eigenvalue weighted by molar-refractivity contribution is 6.31. The first-order valence-electron chi connectivity index (χ1n) is 8.42. The molecule has 0 amide bonds. The quantitative estimate of drug-likeness (QED) is 0.789. The summed E-state index contributed by atoms with van der Waals surface area (Å²) >= 11 is 6.34. The van der Waals surface area contributed by atoms with Crippen LogP contribution in [0.1, 0.15) is 57.1 Å². The maximum atomic E-state index is 6.34. The summed E-state index contributed by atoms with van der Waals surface area (Å²) in [5.41, 5.74) is 1.22. The van der Waals surface area contributed by atoms with Gasteiger partial charge >= 0.3 is 0 Å². The van der Waals surface area contributed by atoms with E-state index in [1.807, 2.05) is 19.2 Å². The molecule has 3 heteroatoms. The smallest absolute Gasteiger partial charge is 0.0453 e. The SMILES string of the molecule is CCN(CCC(NC)c1ccccc1Cl)C1CCCCC1. The molecule has 1 aromatic carbocycles. The van der Waals surface area contributed by atoms with Crippen molar-refractivity contribution >= 4 is 11.6 Å². The van der Waals surface area contributed by atoms with Crippen molar-refractivity contribution in [2.45, 2.75) is 57.5 Å². The molecule has 1 atom stereocenters. The lowest BCUT2D eigenvalue weighted by atomic mass is 9.93. The zero-order chi connectivity index (χ0) is 15.1. The van der Waals surface area contributed by atoms with E-state index in [0.717, 1.165) is 30.6 Å². The van der Waals surface area contributed by atoms with Crippen molar-refractivity contribution in [1.82, 2.24) is 10.2 Å². The summed E-state index contributed by atoms with van der Waals surface area (Å²) in [6, 6.07) is 9.34. The van der Waals surface area contributed by atoms with E-state index in [1.54, 1.807) is 0 Å². The third kappa shape index (κ3) is 4.70. The standard InChI is InChI=1S/C18H29ClN2/c1-3-21(15-9-5-4-6-10-15)14-13-18(20-2)16-11-7-8-12-17(16)19/h7-8,11-12,15,18,20H,3-6,9-10,13-14H2,1-2H3. The summed E-state index contributed by atoms with van der Waals surface area (Å²) in [7, 11) is 2.03. The third-order valence-electron chi connectivity index (χ3n) is 4.83. The van der Waals surface area contributed by atoms with E-state index in [4.69, 9.17) is 11.6 Å². The zero-order valence-electron chi connectivity index (χ0n) is 13.4. The molecule has 0 aliphatic heterocycles. The maximum Gasteiger partial charge on any atom is 0.0453 e. The van der Waals surface area contributed by atoms with E-state index in [0.29, 0.717) is 6.04 Å². The Morgan fingerprint density at radius 2 is 1.95 bits per heavy atom. The van der Waals surface area contributed by atoms with Crippen molar-refractivity contribution in [2.24, 2.45) is 0 Å². The molecule has 1 aliphatic rings. The van der Waals surface area contributed by atoms with Gasteiger partial charge in [-0.3, -0.25) is 0 Å². The van der Waals surface area contributed by atoms with Crippen molar-refractivity contribution in [2.75, 3.05) is 20.1 Å². The lowest BCUT2D eigenvalue weighted by Gasteiger charge is -2.34. The van der Waals surface area contributed by atoms with Crippen LogP contribution in [-0.2, 0) is 0 Å². The Morgan fingerprint density at radius 3 is 2.57 bits per heavy atom. The van der Waals surface area contributed by atoms with Crippen molar-refractivity contribution in [3.63, 3.8) is 0 Å². The second kappa shape index (κ2) is 8.77. The number of hydrogen-bond acceptors (Lipinski definition) is 2. The van der Waals surface area contributed by atoms with Gasteiger partial charge in [0.15, 0.2) is 0 Å². The number of nitrogens with one attached hydrogen (secondary N) is 1. The van der Waals surface area contributed by atoms with Crippen molar-refractivity contribution in [3.8, 4) is 0 Å². The van der Waals surface area contributed by atoms with Crippen LogP contribution >= 0.6 is 11.6 Å². The number of rotatable bonds is 7. The van der Waals surface area contributed by atoms with Gasteiger partial charge in [-0.1, -0.05) is 56.0 Å². The van der Waals surface area contributed by atoms with E-state index >= 15 is 0 Å². The summed E-state index contributed by atoms with van der Waals surface area (Å²) in [4.78, 5) is 2.67. The number of nitrogens with zero attached hydrogens (tertiary/aromatic N) is 1. The molecule has 21 heavy (non-hydrogen) atoms. The monoisotopic (exact) mass is 308 g/mol. The normalized spacial score (nSPS) is 18.1. The fraction of sp³-hybridized carbons (Fsp3) is 0.667. The van der Waals surface area contributed by atoms with Crippen LogP contribution in [0.3, 0.4) is 0 Å². The summed E-state index contributed by atoms with van der Waals surface area (Å²) in [5, 5.41) is 4.30. The van der Waals surface area contributed by atoms with Gasteiger partial charge in [0, 0.05) is 23.7 Å². The molecule has 1 saturated carbocycles. The Hall–Kier alpha value is -0.570. The Balaban J connectivity index is 1.93. The van der Waals surface area contributed by atoms with E-state index in [2.05, 4.69) is 29.3 Å².